The number of halogens is 3. The van der Waals surface area contributed by atoms with Gasteiger partial charge < -0.3 is 5.73 Å². The van der Waals surface area contributed by atoms with Crippen LogP contribution in [0.2, 0.25) is 0 Å². The molecule has 1 aromatic carbocycles. The molecule has 1 atom stereocenters. The van der Waals surface area contributed by atoms with Crippen molar-refractivity contribution in [1.82, 2.24) is 4.98 Å². The van der Waals surface area contributed by atoms with Crippen LogP contribution in [0.3, 0.4) is 0 Å². The van der Waals surface area contributed by atoms with E-state index in [1.807, 2.05) is 12.1 Å². The van der Waals surface area contributed by atoms with Crippen LogP contribution in [0.1, 0.15) is 24.4 Å². The first-order valence-electron chi connectivity index (χ1n) is 6.29. The predicted octanol–water partition coefficient (Wildman–Crippen LogP) is 4.64. The smallest absolute Gasteiger partial charge is 0.123 e. The molecule has 116 valence electrons. The van der Waals surface area contributed by atoms with Crippen LogP contribution < -0.4 is 5.73 Å². The first-order chi connectivity index (χ1) is 9.25. The summed E-state index contributed by atoms with van der Waals surface area (Å²) < 4.78 is 12.8. The first-order valence-corrected chi connectivity index (χ1v) is 7.28. The molecule has 21 heavy (non-hydrogen) atoms. The maximum Gasteiger partial charge on any atom is 0.123 e. The molecule has 2 rings (SSSR count). The number of pyridine rings is 1. The Hall–Kier alpha value is -0.810. The Morgan fingerprint density at radius 2 is 1.67 bits per heavy atom. The van der Waals surface area contributed by atoms with Crippen LogP contribution in [0.4, 0.5) is 4.39 Å². The van der Waals surface area contributed by atoms with Crippen LogP contribution in [0.15, 0.2) is 53.7 Å². The van der Waals surface area contributed by atoms with Crippen LogP contribution in [0.25, 0.3) is 0 Å². The molecule has 0 aliphatic carbocycles. The number of hydrogen-bond acceptors (Lipinski definition) is 3. The van der Waals surface area contributed by atoms with Gasteiger partial charge in [0.2, 0.25) is 0 Å². The molecular formula is C15H19Cl2FN2S. The van der Waals surface area contributed by atoms with E-state index in [4.69, 9.17) is 5.73 Å². The Kier molecular flexibility index (Phi) is 10.4. The number of hydrogen-bond donors (Lipinski definition) is 1. The number of benzene rings is 1. The van der Waals surface area contributed by atoms with Crippen molar-refractivity contribution in [2.24, 2.45) is 5.73 Å². The fourth-order valence-corrected chi connectivity index (χ4v) is 2.67. The molecule has 2 aromatic rings. The van der Waals surface area contributed by atoms with Crippen LogP contribution in [-0.4, -0.2) is 10.7 Å². The third-order valence-corrected chi connectivity index (χ3v) is 3.97. The van der Waals surface area contributed by atoms with Crippen molar-refractivity contribution in [3.05, 3.63) is 60.2 Å². The van der Waals surface area contributed by atoms with E-state index in [0.29, 0.717) is 0 Å². The van der Waals surface area contributed by atoms with E-state index in [2.05, 4.69) is 4.98 Å². The largest absolute Gasteiger partial charge is 0.324 e. The second kappa shape index (κ2) is 10.9. The van der Waals surface area contributed by atoms with E-state index >= 15 is 0 Å². The quantitative estimate of drug-likeness (QED) is 0.610. The zero-order valence-electron chi connectivity index (χ0n) is 11.4. The van der Waals surface area contributed by atoms with E-state index < -0.39 is 0 Å². The summed E-state index contributed by atoms with van der Waals surface area (Å²) in [6.45, 7) is 0. The third-order valence-electron chi connectivity index (χ3n) is 2.88. The average Bonchev–Trinajstić information content (AvgIpc) is 2.45. The lowest BCUT2D eigenvalue weighted by molar-refractivity contribution is 0.617. The second-order valence-electron chi connectivity index (χ2n) is 4.33. The van der Waals surface area contributed by atoms with Crippen LogP contribution >= 0.6 is 36.6 Å². The molecule has 0 aliphatic heterocycles. The molecular weight excluding hydrogens is 330 g/mol. The van der Waals surface area contributed by atoms with E-state index in [-0.39, 0.29) is 36.7 Å². The summed E-state index contributed by atoms with van der Waals surface area (Å²) in [7, 11) is 0. The second-order valence-corrected chi connectivity index (χ2v) is 5.50. The van der Waals surface area contributed by atoms with Crippen LogP contribution in [0, 0.1) is 5.82 Å². The summed E-state index contributed by atoms with van der Waals surface area (Å²) in [4.78, 5) is 5.21. The van der Waals surface area contributed by atoms with Gasteiger partial charge in [-0.15, -0.1) is 36.6 Å². The predicted molar refractivity (Wildman–Crippen MR) is 92.0 cm³/mol. The maximum atomic E-state index is 12.8. The number of nitrogens with two attached hydrogens (primary N) is 1. The van der Waals surface area contributed by atoms with Gasteiger partial charge in [0, 0.05) is 23.3 Å². The fourth-order valence-electron chi connectivity index (χ4n) is 1.80. The van der Waals surface area contributed by atoms with Gasteiger partial charge in [-0.05, 0) is 48.4 Å². The highest BCUT2D eigenvalue weighted by Gasteiger charge is 2.05. The molecule has 0 fully saturated rings. The Bertz CT molecular complexity index is 497. The van der Waals surface area contributed by atoms with Gasteiger partial charge in [0.15, 0.2) is 0 Å². The third kappa shape index (κ3) is 7.14. The Balaban J connectivity index is 0.00000200. The van der Waals surface area contributed by atoms with Crippen molar-refractivity contribution in [2.45, 2.75) is 23.8 Å². The fraction of sp³-hybridized carbons (Fsp3) is 0.267. The summed E-state index contributed by atoms with van der Waals surface area (Å²) in [5.41, 5.74) is 7.08. The highest BCUT2D eigenvalue weighted by molar-refractivity contribution is 7.99. The monoisotopic (exact) mass is 348 g/mol. The standard InChI is InChI=1S/C15H17FN2S.2ClH/c16-13-5-3-12(4-6-13)15(17)2-1-11-19-14-7-9-18-10-8-14;;/h3-10,15H,1-2,11,17H2;2*1H. The average molecular weight is 349 g/mol. The van der Waals surface area contributed by atoms with Gasteiger partial charge in [0.05, 0.1) is 0 Å². The summed E-state index contributed by atoms with van der Waals surface area (Å²) in [6, 6.07) is 10.4. The minimum absolute atomic E-state index is 0. The van der Waals surface area contributed by atoms with Crippen molar-refractivity contribution in [2.75, 3.05) is 5.75 Å². The molecule has 0 aliphatic rings. The molecule has 1 heterocycles. The summed E-state index contributed by atoms with van der Waals surface area (Å²) in [5.74, 6) is 0.808. The van der Waals surface area contributed by atoms with Gasteiger partial charge in [0.1, 0.15) is 5.82 Å². The summed E-state index contributed by atoms with van der Waals surface area (Å²) in [6.07, 6.45) is 5.54. The number of aromatic nitrogens is 1. The SMILES string of the molecule is Cl.Cl.NC(CCCSc1ccncc1)c1ccc(F)cc1. The van der Waals surface area contributed by atoms with Gasteiger partial charge >= 0.3 is 0 Å². The van der Waals surface area contributed by atoms with E-state index in [1.54, 1.807) is 36.3 Å². The summed E-state index contributed by atoms with van der Waals surface area (Å²) >= 11 is 1.80. The highest BCUT2D eigenvalue weighted by atomic mass is 35.5. The number of nitrogens with zero attached hydrogens (tertiary/aromatic N) is 1. The van der Waals surface area contributed by atoms with Crippen molar-refractivity contribution < 1.29 is 4.39 Å². The van der Waals surface area contributed by atoms with Crippen molar-refractivity contribution in [1.29, 1.82) is 0 Å². The van der Waals surface area contributed by atoms with Crippen LogP contribution in [0.5, 0.6) is 0 Å². The number of thioether (sulfide) groups is 1. The molecule has 0 amide bonds. The topological polar surface area (TPSA) is 38.9 Å². The molecule has 1 unspecified atom stereocenters. The van der Waals surface area contributed by atoms with E-state index in [9.17, 15) is 4.39 Å². The molecule has 2 N–H and O–H groups in total. The first kappa shape index (κ1) is 20.2. The molecule has 0 radical (unpaired) electrons. The molecule has 1 aromatic heterocycles. The zero-order chi connectivity index (χ0) is 13.5. The minimum atomic E-state index is -0.218. The van der Waals surface area contributed by atoms with Crippen LogP contribution in [-0.2, 0) is 0 Å². The highest BCUT2D eigenvalue weighted by Crippen LogP contribution is 2.21. The van der Waals surface area contributed by atoms with Gasteiger partial charge in [-0.25, -0.2) is 4.39 Å². The van der Waals surface area contributed by atoms with Crippen molar-refractivity contribution in [3.63, 3.8) is 0 Å². The molecule has 0 bridgehead atoms. The Labute approximate surface area is 141 Å². The van der Waals surface area contributed by atoms with E-state index in [0.717, 1.165) is 24.2 Å². The van der Waals surface area contributed by atoms with Gasteiger partial charge in [-0.3, -0.25) is 4.98 Å². The Morgan fingerprint density at radius 1 is 1.05 bits per heavy atom. The lowest BCUT2D eigenvalue weighted by Crippen LogP contribution is -2.10. The Morgan fingerprint density at radius 3 is 2.29 bits per heavy atom. The lowest BCUT2D eigenvalue weighted by atomic mass is 10.0. The molecule has 2 nitrogen and oxygen atoms in total. The summed E-state index contributed by atoms with van der Waals surface area (Å²) in [5, 5.41) is 0. The zero-order valence-corrected chi connectivity index (χ0v) is 13.9. The minimum Gasteiger partial charge on any atom is -0.324 e. The van der Waals surface area contributed by atoms with E-state index in [1.165, 1.54) is 17.0 Å². The lowest BCUT2D eigenvalue weighted by Gasteiger charge is -2.11. The molecule has 0 spiro atoms. The maximum absolute atomic E-state index is 12.8. The van der Waals surface area contributed by atoms with Gasteiger partial charge in [-0.2, -0.15) is 0 Å². The normalized spacial score (nSPS) is 11.1. The van der Waals surface area contributed by atoms with Gasteiger partial charge in [0.25, 0.3) is 0 Å². The molecule has 0 saturated heterocycles. The van der Waals surface area contributed by atoms with Crippen molar-refractivity contribution >= 4 is 36.6 Å². The van der Waals surface area contributed by atoms with Crippen molar-refractivity contribution in [3.8, 4) is 0 Å². The number of rotatable bonds is 6. The van der Waals surface area contributed by atoms with Gasteiger partial charge in [-0.1, -0.05) is 12.1 Å². The molecule has 0 saturated carbocycles. The molecule has 6 heteroatoms.